The average Bonchev–Trinajstić information content (AvgIpc) is 2.97. The molecule has 2 fully saturated rings. The molecule has 0 bridgehead atoms. The molecule has 6 heteroatoms. The highest BCUT2D eigenvalue weighted by atomic mass is 16.2. The molecule has 1 amide bonds. The van der Waals surface area contributed by atoms with Crippen LogP contribution < -0.4 is 5.32 Å². The first kappa shape index (κ1) is 25.1. The zero-order valence-corrected chi connectivity index (χ0v) is 21.0. The minimum absolute atomic E-state index is 0.0136. The van der Waals surface area contributed by atoms with Gasteiger partial charge in [0.1, 0.15) is 0 Å². The molecule has 0 radical (unpaired) electrons. The Hall–Kier alpha value is -3.61. The zero-order valence-electron chi connectivity index (χ0n) is 21.0. The minimum atomic E-state index is -0.452. The Bertz CT molecular complexity index is 1150. The fraction of sp³-hybridized carbons (Fsp3) is 0.323. The number of amides is 1. The zero-order chi connectivity index (χ0) is 25.6. The van der Waals surface area contributed by atoms with Gasteiger partial charge >= 0.3 is 0 Å². The molecule has 2 saturated heterocycles. The number of carbonyl (C=O) groups is 3. The van der Waals surface area contributed by atoms with E-state index in [0.29, 0.717) is 37.3 Å². The van der Waals surface area contributed by atoms with E-state index in [9.17, 15) is 14.4 Å². The van der Waals surface area contributed by atoms with Crippen molar-refractivity contribution in [3.8, 4) is 0 Å². The molecule has 2 heterocycles. The van der Waals surface area contributed by atoms with Gasteiger partial charge in [0.2, 0.25) is 5.91 Å². The highest BCUT2D eigenvalue weighted by Crippen LogP contribution is 2.40. The van der Waals surface area contributed by atoms with E-state index in [-0.39, 0.29) is 29.9 Å². The molecule has 1 N–H and O–H groups in total. The van der Waals surface area contributed by atoms with Crippen LogP contribution in [0.1, 0.15) is 32.2 Å². The van der Waals surface area contributed by atoms with Crippen LogP contribution in [0.25, 0.3) is 0 Å². The lowest BCUT2D eigenvalue weighted by Crippen LogP contribution is -2.54. The van der Waals surface area contributed by atoms with E-state index in [4.69, 9.17) is 0 Å². The second kappa shape index (κ2) is 11.6. The number of nitrogens with zero attached hydrogens (tertiary/aromatic N) is 2. The van der Waals surface area contributed by atoms with Crippen molar-refractivity contribution in [2.45, 2.75) is 5.92 Å². The normalized spacial score (nSPS) is 22.4. The van der Waals surface area contributed by atoms with Crippen LogP contribution in [-0.2, 0) is 4.79 Å². The van der Waals surface area contributed by atoms with Gasteiger partial charge in [0, 0.05) is 68.1 Å². The minimum Gasteiger partial charge on any atom is -0.339 e. The first-order valence-corrected chi connectivity index (χ1v) is 13.1. The fourth-order valence-electron chi connectivity index (χ4n) is 5.74. The summed E-state index contributed by atoms with van der Waals surface area (Å²) in [6.07, 6.45) is 0. The van der Waals surface area contributed by atoms with Gasteiger partial charge in [-0.1, -0.05) is 91.0 Å². The van der Waals surface area contributed by atoms with E-state index < -0.39 is 11.8 Å². The third kappa shape index (κ3) is 5.71. The van der Waals surface area contributed by atoms with Crippen LogP contribution >= 0.6 is 0 Å². The Morgan fingerprint density at radius 3 is 1.62 bits per heavy atom. The molecule has 0 saturated carbocycles. The summed E-state index contributed by atoms with van der Waals surface area (Å²) in [6.45, 7) is 4.00. The summed E-state index contributed by atoms with van der Waals surface area (Å²) < 4.78 is 0. The maximum Gasteiger partial charge on any atom is 0.236 e. The Kier molecular flexibility index (Phi) is 7.87. The van der Waals surface area contributed by atoms with Crippen LogP contribution in [0.15, 0.2) is 91.0 Å². The van der Waals surface area contributed by atoms with Crippen molar-refractivity contribution in [2.24, 2.45) is 11.8 Å². The van der Waals surface area contributed by atoms with Crippen LogP contribution in [0, 0.1) is 11.8 Å². The first-order chi connectivity index (χ1) is 18.1. The molecule has 0 spiro atoms. The van der Waals surface area contributed by atoms with E-state index in [1.54, 1.807) is 0 Å². The number of Topliss-reactive ketones (excluding diaryl/α,β-unsaturated/α-hetero) is 2. The molecular weight excluding hydrogens is 462 g/mol. The Morgan fingerprint density at radius 2 is 1.14 bits per heavy atom. The quantitative estimate of drug-likeness (QED) is 0.508. The van der Waals surface area contributed by atoms with Gasteiger partial charge in [0.15, 0.2) is 11.6 Å². The number of piperazine rings is 1. The van der Waals surface area contributed by atoms with Gasteiger partial charge in [0.25, 0.3) is 0 Å². The molecule has 6 nitrogen and oxygen atoms in total. The van der Waals surface area contributed by atoms with E-state index >= 15 is 0 Å². The van der Waals surface area contributed by atoms with Gasteiger partial charge in [-0.15, -0.1) is 0 Å². The number of nitrogens with one attached hydrogen (secondary N) is 1. The summed E-state index contributed by atoms with van der Waals surface area (Å²) in [5.41, 5.74) is 2.25. The van der Waals surface area contributed by atoms with Crippen molar-refractivity contribution in [2.75, 3.05) is 45.8 Å². The molecular formula is C31H33N3O3. The third-order valence-electron chi connectivity index (χ3n) is 7.58. The van der Waals surface area contributed by atoms with Crippen molar-refractivity contribution in [3.05, 3.63) is 108 Å². The Balaban J connectivity index is 1.52. The van der Waals surface area contributed by atoms with Crippen LogP contribution in [-0.4, -0.2) is 73.1 Å². The molecule has 2 unspecified atom stereocenters. The van der Waals surface area contributed by atoms with Gasteiger partial charge < -0.3 is 10.2 Å². The van der Waals surface area contributed by atoms with Gasteiger partial charge in [0.05, 0.1) is 6.54 Å². The number of benzene rings is 3. The number of likely N-dealkylation sites (tertiary alicyclic amines) is 1. The van der Waals surface area contributed by atoms with E-state index in [2.05, 4.69) is 5.32 Å². The van der Waals surface area contributed by atoms with Crippen LogP contribution in [0.3, 0.4) is 0 Å². The Morgan fingerprint density at radius 1 is 0.676 bits per heavy atom. The predicted molar refractivity (Wildman–Crippen MR) is 144 cm³/mol. The van der Waals surface area contributed by atoms with Gasteiger partial charge in [-0.3, -0.25) is 19.3 Å². The van der Waals surface area contributed by atoms with Gasteiger partial charge in [-0.2, -0.15) is 0 Å². The maximum atomic E-state index is 14.0. The van der Waals surface area contributed by atoms with Crippen LogP contribution in [0.2, 0.25) is 0 Å². The van der Waals surface area contributed by atoms with E-state index in [0.717, 1.165) is 18.7 Å². The first-order valence-electron chi connectivity index (χ1n) is 13.1. The smallest absolute Gasteiger partial charge is 0.236 e. The van der Waals surface area contributed by atoms with Gasteiger partial charge in [-0.25, -0.2) is 0 Å². The van der Waals surface area contributed by atoms with Crippen molar-refractivity contribution < 1.29 is 14.4 Å². The number of piperidine rings is 1. The summed E-state index contributed by atoms with van der Waals surface area (Å²) in [4.78, 5) is 45.1. The standard InChI is InChI=1S/C31H33N3O3/c35-28(34-18-16-32-17-19-34)22-33-20-26(30(36)24-12-6-2-7-13-24)29(23-10-4-1-5-11-23)27(21-33)31(37)25-14-8-3-9-15-25/h1-15,26-27,29,32H,16-22H2. The topological polar surface area (TPSA) is 69.7 Å². The molecule has 3 aromatic carbocycles. The van der Waals surface area contributed by atoms with Crippen molar-refractivity contribution in [1.29, 1.82) is 0 Å². The second-order valence-electron chi connectivity index (χ2n) is 9.93. The molecule has 2 atom stereocenters. The SMILES string of the molecule is O=C(c1ccccc1)C1CN(CC(=O)N2CCNCC2)CC(C(=O)c2ccccc2)C1c1ccccc1. The summed E-state index contributed by atoms with van der Waals surface area (Å²) in [6, 6.07) is 28.5. The lowest BCUT2D eigenvalue weighted by Gasteiger charge is -2.43. The fourth-order valence-corrected chi connectivity index (χ4v) is 5.74. The molecule has 3 aromatic rings. The highest BCUT2D eigenvalue weighted by molar-refractivity contribution is 6.02. The van der Waals surface area contributed by atoms with Crippen molar-refractivity contribution in [3.63, 3.8) is 0 Å². The number of hydrogen-bond acceptors (Lipinski definition) is 5. The van der Waals surface area contributed by atoms with Crippen LogP contribution in [0.5, 0.6) is 0 Å². The molecule has 37 heavy (non-hydrogen) atoms. The summed E-state index contributed by atoms with van der Waals surface area (Å²) in [5.74, 6) is -1.11. The number of hydrogen-bond donors (Lipinski definition) is 1. The summed E-state index contributed by atoms with van der Waals surface area (Å²) in [5, 5.41) is 3.28. The average molecular weight is 496 g/mol. The molecule has 0 aromatic heterocycles. The lowest BCUT2D eigenvalue weighted by molar-refractivity contribution is -0.133. The van der Waals surface area contributed by atoms with Gasteiger partial charge in [-0.05, 0) is 5.56 Å². The molecule has 2 aliphatic heterocycles. The number of ketones is 2. The van der Waals surface area contributed by atoms with Crippen molar-refractivity contribution in [1.82, 2.24) is 15.1 Å². The predicted octanol–water partition coefficient (Wildman–Crippen LogP) is 3.52. The molecule has 0 aliphatic carbocycles. The number of rotatable bonds is 7. The van der Waals surface area contributed by atoms with E-state index in [1.165, 1.54) is 0 Å². The second-order valence-corrected chi connectivity index (χ2v) is 9.93. The molecule has 190 valence electrons. The largest absolute Gasteiger partial charge is 0.339 e. The highest BCUT2D eigenvalue weighted by Gasteiger charge is 2.45. The molecule has 5 rings (SSSR count). The van der Waals surface area contributed by atoms with Crippen molar-refractivity contribution >= 4 is 17.5 Å². The Labute approximate surface area is 218 Å². The lowest BCUT2D eigenvalue weighted by atomic mass is 9.68. The summed E-state index contributed by atoms with van der Waals surface area (Å²) >= 11 is 0. The van der Waals surface area contributed by atoms with E-state index in [1.807, 2.05) is 101 Å². The van der Waals surface area contributed by atoms with Crippen LogP contribution in [0.4, 0.5) is 0 Å². The summed E-state index contributed by atoms with van der Waals surface area (Å²) in [7, 11) is 0. The monoisotopic (exact) mass is 495 g/mol. The molecule has 2 aliphatic rings. The number of carbonyl (C=O) groups excluding carboxylic acids is 3. The maximum absolute atomic E-state index is 14.0. The third-order valence-corrected chi connectivity index (χ3v) is 7.58.